The van der Waals surface area contributed by atoms with E-state index in [0.29, 0.717) is 25.9 Å². The SMILES string of the molecule is CNC(C)c1cccc(OCCOCCCOC)c1. The molecule has 4 heteroatoms. The van der Waals surface area contributed by atoms with Crippen molar-refractivity contribution in [1.29, 1.82) is 0 Å². The molecular formula is C15H25NO3. The third-order valence-corrected chi connectivity index (χ3v) is 2.92. The molecule has 0 heterocycles. The summed E-state index contributed by atoms with van der Waals surface area (Å²) in [6.45, 7) is 4.76. The highest BCUT2D eigenvalue weighted by molar-refractivity contribution is 5.30. The summed E-state index contributed by atoms with van der Waals surface area (Å²) in [5.74, 6) is 0.889. The number of hydrogen-bond donors (Lipinski definition) is 1. The highest BCUT2D eigenvalue weighted by Gasteiger charge is 2.03. The molecule has 0 spiro atoms. The Hall–Kier alpha value is -1.10. The van der Waals surface area contributed by atoms with Crippen molar-refractivity contribution in [2.45, 2.75) is 19.4 Å². The van der Waals surface area contributed by atoms with Gasteiger partial charge in [0.15, 0.2) is 0 Å². The first-order valence-electron chi connectivity index (χ1n) is 6.74. The van der Waals surface area contributed by atoms with Gasteiger partial charge in [0.2, 0.25) is 0 Å². The van der Waals surface area contributed by atoms with Gasteiger partial charge in [-0.3, -0.25) is 0 Å². The molecule has 1 aromatic carbocycles. The molecule has 0 aliphatic carbocycles. The summed E-state index contributed by atoms with van der Waals surface area (Å²) in [5, 5.41) is 3.21. The van der Waals surface area contributed by atoms with Crippen LogP contribution in [0.5, 0.6) is 5.75 Å². The highest BCUT2D eigenvalue weighted by Crippen LogP contribution is 2.18. The van der Waals surface area contributed by atoms with Crippen LogP contribution in [0.25, 0.3) is 0 Å². The molecule has 19 heavy (non-hydrogen) atoms. The average Bonchev–Trinajstić information content (AvgIpc) is 2.46. The second-order valence-electron chi connectivity index (χ2n) is 4.39. The summed E-state index contributed by atoms with van der Waals surface area (Å²) in [4.78, 5) is 0. The fourth-order valence-corrected chi connectivity index (χ4v) is 1.67. The van der Waals surface area contributed by atoms with Crippen LogP contribution in [0.1, 0.15) is 24.9 Å². The number of benzene rings is 1. The summed E-state index contributed by atoms with van der Waals surface area (Å²) >= 11 is 0. The summed E-state index contributed by atoms with van der Waals surface area (Å²) < 4.78 is 16.0. The third kappa shape index (κ3) is 6.57. The number of methoxy groups -OCH3 is 1. The minimum absolute atomic E-state index is 0.328. The monoisotopic (exact) mass is 267 g/mol. The minimum Gasteiger partial charge on any atom is -0.491 e. The third-order valence-electron chi connectivity index (χ3n) is 2.92. The van der Waals surface area contributed by atoms with Crippen molar-refractivity contribution < 1.29 is 14.2 Å². The molecule has 108 valence electrons. The van der Waals surface area contributed by atoms with Crippen molar-refractivity contribution in [2.75, 3.05) is 40.6 Å². The van der Waals surface area contributed by atoms with Crippen molar-refractivity contribution in [1.82, 2.24) is 5.32 Å². The fraction of sp³-hybridized carbons (Fsp3) is 0.600. The van der Waals surface area contributed by atoms with E-state index in [1.165, 1.54) is 5.56 Å². The van der Waals surface area contributed by atoms with Gasteiger partial charge in [0.05, 0.1) is 6.61 Å². The molecule has 0 bridgehead atoms. The zero-order chi connectivity index (χ0) is 13.9. The van der Waals surface area contributed by atoms with Gasteiger partial charge in [-0.1, -0.05) is 12.1 Å². The van der Waals surface area contributed by atoms with Crippen molar-refractivity contribution in [3.63, 3.8) is 0 Å². The van der Waals surface area contributed by atoms with E-state index in [1.807, 2.05) is 19.2 Å². The Morgan fingerprint density at radius 2 is 2.00 bits per heavy atom. The summed E-state index contributed by atoms with van der Waals surface area (Å²) in [7, 11) is 3.65. The summed E-state index contributed by atoms with van der Waals surface area (Å²) in [5.41, 5.74) is 1.22. The molecule has 0 saturated heterocycles. The van der Waals surface area contributed by atoms with E-state index < -0.39 is 0 Å². The lowest BCUT2D eigenvalue weighted by Gasteiger charge is -2.12. The summed E-state index contributed by atoms with van der Waals surface area (Å²) in [6.07, 6.45) is 0.922. The predicted molar refractivity (Wildman–Crippen MR) is 76.7 cm³/mol. The zero-order valence-corrected chi connectivity index (χ0v) is 12.1. The lowest BCUT2D eigenvalue weighted by molar-refractivity contribution is 0.0806. The van der Waals surface area contributed by atoms with Gasteiger partial charge in [-0.25, -0.2) is 0 Å². The molecule has 1 unspecified atom stereocenters. The molecule has 1 aromatic rings. The number of ether oxygens (including phenoxy) is 3. The lowest BCUT2D eigenvalue weighted by atomic mass is 10.1. The molecule has 0 radical (unpaired) electrons. The maximum absolute atomic E-state index is 5.66. The van der Waals surface area contributed by atoms with Crippen LogP contribution in [-0.4, -0.2) is 40.6 Å². The Balaban J connectivity index is 2.22. The Kier molecular flexibility index (Phi) is 8.21. The van der Waals surface area contributed by atoms with Gasteiger partial charge in [-0.15, -0.1) is 0 Å². The van der Waals surface area contributed by atoms with Crippen LogP contribution in [0.15, 0.2) is 24.3 Å². The number of rotatable bonds is 10. The van der Waals surface area contributed by atoms with Gasteiger partial charge in [-0.05, 0) is 38.1 Å². The first kappa shape index (κ1) is 16.0. The molecule has 0 saturated carbocycles. The van der Waals surface area contributed by atoms with Gasteiger partial charge in [0.1, 0.15) is 12.4 Å². The Labute approximate surface area is 116 Å². The topological polar surface area (TPSA) is 39.7 Å². The van der Waals surface area contributed by atoms with E-state index in [1.54, 1.807) is 7.11 Å². The van der Waals surface area contributed by atoms with Crippen LogP contribution in [0.4, 0.5) is 0 Å². The molecule has 0 amide bonds. The van der Waals surface area contributed by atoms with Crippen LogP contribution in [0.3, 0.4) is 0 Å². The Morgan fingerprint density at radius 3 is 2.74 bits per heavy atom. The number of hydrogen-bond acceptors (Lipinski definition) is 4. The van der Waals surface area contributed by atoms with Gasteiger partial charge < -0.3 is 19.5 Å². The van der Waals surface area contributed by atoms with E-state index >= 15 is 0 Å². The lowest BCUT2D eigenvalue weighted by Crippen LogP contribution is -2.12. The summed E-state index contributed by atoms with van der Waals surface area (Å²) in [6, 6.07) is 8.46. The molecule has 0 aromatic heterocycles. The Bertz CT molecular complexity index is 344. The van der Waals surface area contributed by atoms with Crippen LogP contribution in [0.2, 0.25) is 0 Å². The quantitative estimate of drug-likeness (QED) is 0.661. The van der Waals surface area contributed by atoms with Crippen LogP contribution in [-0.2, 0) is 9.47 Å². The molecular weight excluding hydrogens is 242 g/mol. The van der Waals surface area contributed by atoms with E-state index in [-0.39, 0.29) is 0 Å². The van der Waals surface area contributed by atoms with Crippen molar-refractivity contribution in [2.24, 2.45) is 0 Å². The molecule has 0 aliphatic rings. The molecule has 0 fully saturated rings. The second kappa shape index (κ2) is 9.78. The van der Waals surface area contributed by atoms with Gasteiger partial charge in [-0.2, -0.15) is 0 Å². The van der Waals surface area contributed by atoms with Crippen LogP contribution >= 0.6 is 0 Å². The normalized spacial score (nSPS) is 12.4. The molecule has 0 aliphatic heterocycles. The molecule has 4 nitrogen and oxygen atoms in total. The highest BCUT2D eigenvalue weighted by atomic mass is 16.5. The van der Waals surface area contributed by atoms with Crippen LogP contribution in [0, 0.1) is 0 Å². The first-order chi connectivity index (χ1) is 9.27. The largest absolute Gasteiger partial charge is 0.491 e. The van der Waals surface area contributed by atoms with Crippen molar-refractivity contribution in [3.05, 3.63) is 29.8 Å². The maximum atomic E-state index is 5.66. The van der Waals surface area contributed by atoms with E-state index in [9.17, 15) is 0 Å². The minimum atomic E-state index is 0.328. The van der Waals surface area contributed by atoms with Gasteiger partial charge in [0, 0.05) is 26.4 Å². The molecule has 1 rings (SSSR count). The molecule has 1 atom stereocenters. The zero-order valence-electron chi connectivity index (χ0n) is 12.1. The first-order valence-corrected chi connectivity index (χ1v) is 6.74. The van der Waals surface area contributed by atoms with Crippen molar-refractivity contribution >= 4 is 0 Å². The molecule has 1 N–H and O–H groups in total. The smallest absolute Gasteiger partial charge is 0.119 e. The van der Waals surface area contributed by atoms with E-state index in [2.05, 4.69) is 24.4 Å². The number of nitrogens with one attached hydrogen (secondary N) is 1. The van der Waals surface area contributed by atoms with Crippen LogP contribution < -0.4 is 10.1 Å². The van der Waals surface area contributed by atoms with E-state index in [0.717, 1.165) is 18.8 Å². The Morgan fingerprint density at radius 1 is 1.16 bits per heavy atom. The van der Waals surface area contributed by atoms with Crippen molar-refractivity contribution in [3.8, 4) is 5.75 Å². The van der Waals surface area contributed by atoms with Gasteiger partial charge in [0.25, 0.3) is 0 Å². The predicted octanol–water partition coefficient (Wildman–Crippen LogP) is 2.40. The second-order valence-corrected chi connectivity index (χ2v) is 4.39. The average molecular weight is 267 g/mol. The van der Waals surface area contributed by atoms with E-state index in [4.69, 9.17) is 14.2 Å². The van der Waals surface area contributed by atoms with Gasteiger partial charge >= 0.3 is 0 Å². The maximum Gasteiger partial charge on any atom is 0.119 e. The standard InChI is InChI=1S/C15H25NO3/c1-13(16-2)14-6-4-7-15(12-14)19-11-10-18-9-5-8-17-3/h4,6-7,12-13,16H,5,8-11H2,1-3H3. The fourth-order valence-electron chi connectivity index (χ4n) is 1.67.